The van der Waals surface area contributed by atoms with E-state index in [1.54, 1.807) is 42.5 Å². The molecular weight excluding hydrogens is 464 g/mol. The fourth-order valence-corrected chi connectivity index (χ4v) is 5.50. The number of fused-ring (bicyclic) bond motifs is 1. The average molecular weight is 485 g/mol. The third kappa shape index (κ3) is 4.13. The number of anilines is 2. The minimum Gasteiger partial charge on any atom is -0.322 e. The Bertz CT molecular complexity index is 1210. The van der Waals surface area contributed by atoms with Gasteiger partial charge >= 0.3 is 0 Å². The summed E-state index contributed by atoms with van der Waals surface area (Å²) in [5, 5.41) is 2.88. The van der Waals surface area contributed by atoms with E-state index < -0.39 is 10.0 Å². The molecule has 1 N–H and O–H groups in total. The third-order valence-electron chi connectivity index (χ3n) is 5.11. The summed E-state index contributed by atoms with van der Waals surface area (Å²) >= 11 is 3.39. The molecule has 154 valence electrons. The number of amides is 1. The highest BCUT2D eigenvalue weighted by atomic mass is 79.9. The first kappa shape index (κ1) is 20.6. The molecule has 0 saturated carbocycles. The Morgan fingerprint density at radius 1 is 1.03 bits per heavy atom. The number of nitrogens with zero attached hydrogens (tertiary/aromatic N) is 1. The smallest absolute Gasteiger partial charge is 0.264 e. The molecule has 3 aromatic rings. The lowest BCUT2D eigenvalue weighted by Crippen LogP contribution is -2.35. The van der Waals surface area contributed by atoms with Gasteiger partial charge in [0.05, 0.1) is 10.6 Å². The second-order valence-electron chi connectivity index (χ2n) is 7.30. The fraction of sp³-hybridized carbons (Fsp3) is 0.174. The van der Waals surface area contributed by atoms with Crippen LogP contribution in [0.5, 0.6) is 0 Å². The molecule has 5 nitrogen and oxygen atoms in total. The maximum Gasteiger partial charge on any atom is 0.264 e. The zero-order valence-electron chi connectivity index (χ0n) is 16.4. The molecule has 7 heteroatoms. The van der Waals surface area contributed by atoms with Gasteiger partial charge < -0.3 is 5.32 Å². The number of benzene rings is 3. The molecule has 0 aromatic heterocycles. The molecule has 0 atom stereocenters. The van der Waals surface area contributed by atoms with E-state index in [2.05, 4.69) is 21.2 Å². The average Bonchev–Trinajstić information content (AvgIpc) is 2.73. The van der Waals surface area contributed by atoms with Crippen molar-refractivity contribution in [2.45, 2.75) is 24.7 Å². The van der Waals surface area contributed by atoms with Gasteiger partial charge in [-0.2, -0.15) is 0 Å². The van der Waals surface area contributed by atoms with E-state index in [4.69, 9.17) is 0 Å². The standard InChI is InChI=1S/C23H21BrN2O3S/c1-16-7-10-21(11-8-16)30(28,29)26-13-3-4-17-14-18(9-12-22(17)26)23(27)25-20-6-2-5-19(24)15-20/h2,5-12,14-15H,3-4,13H2,1H3,(H,25,27). The highest BCUT2D eigenvalue weighted by molar-refractivity contribution is 9.10. The predicted molar refractivity (Wildman–Crippen MR) is 123 cm³/mol. The third-order valence-corrected chi connectivity index (χ3v) is 7.43. The number of sulfonamides is 1. The second kappa shape index (κ2) is 8.24. The Kier molecular flexibility index (Phi) is 5.66. The summed E-state index contributed by atoms with van der Waals surface area (Å²) in [5.74, 6) is -0.227. The molecule has 0 radical (unpaired) electrons. The van der Waals surface area contributed by atoms with E-state index in [9.17, 15) is 13.2 Å². The van der Waals surface area contributed by atoms with E-state index >= 15 is 0 Å². The molecule has 0 bridgehead atoms. The van der Waals surface area contributed by atoms with Crippen molar-refractivity contribution in [1.29, 1.82) is 0 Å². The molecule has 1 aliphatic rings. The maximum absolute atomic E-state index is 13.2. The van der Waals surface area contributed by atoms with Crippen LogP contribution in [0, 0.1) is 6.92 Å². The van der Waals surface area contributed by atoms with Crippen LogP contribution in [0.1, 0.15) is 27.9 Å². The molecule has 1 aliphatic heterocycles. The van der Waals surface area contributed by atoms with E-state index in [1.165, 1.54) is 4.31 Å². The molecule has 0 fully saturated rings. The Hall–Kier alpha value is -2.64. The monoisotopic (exact) mass is 484 g/mol. The van der Waals surface area contributed by atoms with Gasteiger partial charge in [0.1, 0.15) is 0 Å². The van der Waals surface area contributed by atoms with Crippen molar-refractivity contribution in [3.8, 4) is 0 Å². The number of hydrogen-bond donors (Lipinski definition) is 1. The van der Waals surface area contributed by atoms with Crippen LogP contribution in [0.15, 0.2) is 76.1 Å². The van der Waals surface area contributed by atoms with Crippen molar-refractivity contribution in [2.24, 2.45) is 0 Å². The summed E-state index contributed by atoms with van der Waals surface area (Å²) in [5.41, 5.74) is 3.70. The number of halogens is 1. The van der Waals surface area contributed by atoms with Crippen LogP contribution in [0.2, 0.25) is 0 Å². The van der Waals surface area contributed by atoms with Crippen LogP contribution in [0.25, 0.3) is 0 Å². The minimum absolute atomic E-state index is 0.227. The second-order valence-corrected chi connectivity index (χ2v) is 10.1. The van der Waals surface area contributed by atoms with Gasteiger partial charge in [-0.15, -0.1) is 0 Å². The summed E-state index contributed by atoms with van der Waals surface area (Å²) in [6.45, 7) is 2.35. The van der Waals surface area contributed by atoms with Crippen molar-refractivity contribution < 1.29 is 13.2 Å². The summed E-state index contributed by atoms with van der Waals surface area (Å²) in [6.07, 6.45) is 1.43. The Labute approximate surface area is 184 Å². The summed E-state index contributed by atoms with van der Waals surface area (Å²) in [7, 11) is -3.65. The lowest BCUT2D eigenvalue weighted by Gasteiger charge is -2.30. The first-order valence-electron chi connectivity index (χ1n) is 9.64. The Morgan fingerprint density at radius 2 is 1.80 bits per heavy atom. The van der Waals surface area contributed by atoms with Gasteiger partial charge in [0.2, 0.25) is 0 Å². The summed E-state index contributed by atoms with van der Waals surface area (Å²) in [6, 6.07) is 19.4. The van der Waals surface area contributed by atoms with Gasteiger partial charge in [0, 0.05) is 22.3 Å². The summed E-state index contributed by atoms with van der Waals surface area (Å²) < 4.78 is 28.7. The lowest BCUT2D eigenvalue weighted by atomic mass is 10.0. The minimum atomic E-state index is -3.65. The van der Waals surface area contributed by atoms with Gasteiger partial charge in [-0.05, 0) is 73.9 Å². The normalized spacial score (nSPS) is 13.6. The van der Waals surface area contributed by atoms with Crippen LogP contribution < -0.4 is 9.62 Å². The fourth-order valence-electron chi connectivity index (χ4n) is 3.56. The highest BCUT2D eigenvalue weighted by Gasteiger charge is 2.29. The largest absolute Gasteiger partial charge is 0.322 e. The quantitative estimate of drug-likeness (QED) is 0.556. The van der Waals surface area contributed by atoms with E-state index in [1.807, 2.05) is 31.2 Å². The van der Waals surface area contributed by atoms with Crippen molar-refractivity contribution in [1.82, 2.24) is 0 Å². The molecule has 30 heavy (non-hydrogen) atoms. The molecule has 1 heterocycles. The SMILES string of the molecule is Cc1ccc(S(=O)(=O)N2CCCc3cc(C(=O)Nc4cccc(Br)c4)ccc32)cc1. The number of carbonyl (C=O) groups excluding carboxylic acids is 1. The van der Waals surface area contributed by atoms with E-state index in [0.29, 0.717) is 29.9 Å². The maximum atomic E-state index is 13.2. The Balaban J connectivity index is 1.62. The van der Waals surface area contributed by atoms with Crippen molar-refractivity contribution in [3.63, 3.8) is 0 Å². The van der Waals surface area contributed by atoms with Crippen LogP contribution in [0.4, 0.5) is 11.4 Å². The molecule has 3 aromatic carbocycles. The van der Waals surface area contributed by atoms with Crippen LogP contribution >= 0.6 is 15.9 Å². The van der Waals surface area contributed by atoms with Gasteiger partial charge in [0.15, 0.2) is 0 Å². The molecule has 4 rings (SSSR count). The topological polar surface area (TPSA) is 66.5 Å². The van der Waals surface area contributed by atoms with Crippen LogP contribution in [0.3, 0.4) is 0 Å². The molecular formula is C23H21BrN2O3S. The predicted octanol–water partition coefficient (Wildman–Crippen LogP) is 5.15. The highest BCUT2D eigenvalue weighted by Crippen LogP contribution is 2.33. The van der Waals surface area contributed by atoms with Gasteiger partial charge in [-0.3, -0.25) is 9.10 Å². The van der Waals surface area contributed by atoms with Crippen LogP contribution in [-0.2, 0) is 16.4 Å². The van der Waals surface area contributed by atoms with Gasteiger partial charge in [-0.1, -0.05) is 39.7 Å². The van der Waals surface area contributed by atoms with Crippen molar-refractivity contribution >= 4 is 43.2 Å². The van der Waals surface area contributed by atoms with E-state index in [-0.39, 0.29) is 10.8 Å². The number of nitrogens with one attached hydrogen (secondary N) is 1. The van der Waals surface area contributed by atoms with Crippen molar-refractivity contribution in [3.05, 3.63) is 87.9 Å². The molecule has 0 saturated heterocycles. The first-order valence-corrected chi connectivity index (χ1v) is 11.9. The number of rotatable bonds is 4. The number of aryl methyl sites for hydroxylation is 2. The van der Waals surface area contributed by atoms with Crippen molar-refractivity contribution in [2.75, 3.05) is 16.2 Å². The lowest BCUT2D eigenvalue weighted by molar-refractivity contribution is 0.102. The molecule has 0 unspecified atom stereocenters. The Morgan fingerprint density at radius 3 is 2.53 bits per heavy atom. The van der Waals surface area contributed by atoms with Gasteiger partial charge in [0.25, 0.3) is 15.9 Å². The summed E-state index contributed by atoms with van der Waals surface area (Å²) in [4.78, 5) is 13.0. The zero-order valence-corrected chi connectivity index (χ0v) is 18.8. The number of hydrogen-bond acceptors (Lipinski definition) is 3. The van der Waals surface area contributed by atoms with Gasteiger partial charge in [-0.25, -0.2) is 8.42 Å². The zero-order chi connectivity index (χ0) is 21.3. The first-order chi connectivity index (χ1) is 14.3. The van der Waals surface area contributed by atoms with E-state index in [0.717, 1.165) is 22.0 Å². The van der Waals surface area contributed by atoms with Crippen LogP contribution in [-0.4, -0.2) is 20.9 Å². The molecule has 0 aliphatic carbocycles. The molecule has 0 spiro atoms. The number of carbonyl (C=O) groups is 1. The molecule has 1 amide bonds.